The van der Waals surface area contributed by atoms with Crippen molar-refractivity contribution < 1.29 is 13.2 Å². The van der Waals surface area contributed by atoms with Gasteiger partial charge in [-0.15, -0.1) is 0 Å². The molecule has 0 aliphatic rings. The number of carbonyl (C=O) groups excluding carboxylic acids is 1. The van der Waals surface area contributed by atoms with E-state index in [0.29, 0.717) is 16.8 Å². The van der Waals surface area contributed by atoms with Gasteiger partial charge in [-0.25, -0.2) is 13.4 Å². The van der Waals surface area contributed by atoms with Gasteiger partial charge in [-0.1, -0.05) is 6.07 Å². The van der Waals surface area contributed by atoms with Crippen molar-refractivity contribution >= 4 is 26.8 Å². The lowest BCUT2D eigenvalue weighted by Gasteiger charge is -2.09. The number of hydrogen-bond acceptors (Lipinski definition) is 5. The molecule has 0 fully saturated rings. The third-order valence-corrected chi connectivity index (χ3v) is 6.37. The molecule has 0 aliphatic heterocycles. The van der Waals surface area contributed by atoms with E-state index in [9.17, 15) is 13.2 Å². The number of aryl methyl sites for hydroxylation is 2. The number of aromatic nitrogens is 3. The van der Waals surface area contributed by atoms with E-state index in [0.717, 1.165) is 28.5 Å². The topological polar surface area (TPSA) is 93.9 Å². The van der Waals surface area contributed by atoms with Crippen molar-refractivity contribution in [1.82, 2.24) is 19.9 Å². The number of amides is 1. The Labute approximate surface area is 180 Å². The van der Waals surface area contributed by atoms with E-state index in [1.165, 1.54) is 6.07 Å². The molecular formula is C23H22N4O3S. The molecule has 0 saturated heterocycles. The van der Waals surface area contributed by atoms with Crippen LogP contribution >= 0.6 is 0 Å². The summed E-state index contributed by atoms with van der Waals surface area (Å²) in [5.41, 5.74) is 5.26. The van der Waals surface area contributed by atoms with Gasteiger partial charge in [-0.2, -0.15) is 0 Å². The number of nitrogens with one attached hydrogen (secondary N) is 1. The third kappa shape index (κ3) is 4.34. The molecule has 0 spiro atoms. The molecule has 0 radical (unpaired) electrons. The molecule has 0 bridgehead atoms. The van der Waals surface area contributed by atoms with Crippen LogP contribution in [0.2, 0.25) is 0 Å². The molecule has 7 nitrogen and oxygen atoms in total. The third-order valence-electron chi connectivity index (χ3n) is 5.13. The van der Waals surface area contributed by atoms with Crippen molar-refractivity contribution in [3.8, 4) is 11.3 Å². The molecule has 8 heteroatoms. The Morgan fingerprint density at radius 3 is 2.68 bits per heavy atom. The molecule has 3 aromatic heterocycles. The van der Waals surface area contributed by atoms with E-state index in [-0.39, 0.29) is 17.3 Å². The standard InChI is InChI=1S/C23H22N4O3S/c1-15-4-5-17(13-22(15)31(3,29)30)23(28)25-14-18-12-16(8-10-24-18)19-6-7-21-20(26-19)9-11-27(21)2/h4-13H,14H2,1-3H3,(H,25,28). The Morgan fingerprint density at radius 2 is 1.90 bits per heavy atom. The van der Waals surface area contributed by atoms with E-state index >= 15 is 0 Å². The summed E-state index contributed by atoms with van der Waals surface area (Å²) in [6.45, 7) is 1.91. The summed E-state index contributed by atoms with van der Waals surface area (Å²) in [5, 5.41) is 2.81. The number of rotatable bonds is 5. The summed E-state index contributed by atoms with van der Waals surface area (Å²) in [6.07, 6.45) is 4.78. The first-order valence-corrected chi connectivity index (χ1v) is 11.6. The number of pyridine rings is 2. The van der Waals surface area contributed by atoms with Gasteiger partial charge in [0.1, 0.15) is 0 Å². The van der Waals surface area contributed by atoms with E-state index in [1.54, 1.807) is 25.3 Å². The van der Waals surface area contributed by atoms with Crippen molar-refractivity contribution in [2.75, 3.05) is 6.26 Å². The van der Waals surface area contributed by atoms with Gasteiger partial charge >= 0.3 is 0 Å². The second kappa shape index (κ2) is 7.96. The smallest absolute Gasteiger partial charge is 0.251 e. The Hall–Kier alpha value is -3.52. The lowest BCUT2D eigenvalue weighted by atomic mass is 10.1. The number of fused-ring (bicyclic) bond motifs is 1. The number of nitrogens with zero attached hydrogens (tertiary/aromatic N) is 3. The van der Waals surface area contributed by atoms with Gasteiger partial charge in [-0.05, 0) is 55.0 Å². The summed E-state index contributed by atoms with van der Waals surface area (Å²) in [5.74, 6) is -0.360. The summed E-state index contributed by atoms with van der Waals surface area (Å²) >= 11 is 0. The minimum absolute atomic E-state index is 0.155. The number of benzene rings is 1. The van der Waals surface area contributed by atoms with Crippen LogP contribution in [0.5, 0.6) is 0 Å². The molecule has 1 amide bonds. The van der Waals surface area contributed by atoms with Crippen LogP contribution in [0.15, 0.2) is 65.8 Å². The fraction of sp³-hybridized carbons (Fsp3) is 0.174. The highest BCUT2D eigenvalue weighted by Crippen LogP contribution is 2.22. The van der Waals surface area contributed by atoms with Gasteiger partial charge < -0.3 is 9.88 Å². The first-order chi connectivity index (χ1) is 14.7. The highest BCUT2D eigenvalue weighted by atomic mass is 32.2. The maximum absolute atomic E-state index is 12.6. The van der Waals surface area contributed by atoms with Crippen molar-refractivity contribution in [3.63, 3.8) is 0 Å². The predicted octanol–water partition coefficient (Wildman–Crippen LogP) is 3.28. The van der Waals surface area contributed by atoms with Crippen LogP contribution in [-0.4, -0.2) is 35.1 Å². The normalized spacial score (nSPS) is 11.6. The van der Waals surface area contributed by atoms with Gasteiger partial charge in [0.15, 0.2) is 9.84 Å². The monoisotopic (exact) mass is 434 g/mol. The van der Waals surface area contributed by atoms with E-state index in [1.807, 2.05) is 48.1 Å². The molecule has 4 aromatic rings. The lowest BCUT2D eigenvalue weighted by molar-refractivity contribution is 0.0950. The zero-order valence-corrected chi connectivity index (χ0v) is 18.3. The molecule has 31 heavy (non-hydrogen) atoms. The minimum atomic E-state index is -3.41. The van der Waals surface area contributed by atoms with Crippen LogP contribution < -0.4 is 5.32 Å². The van der Waals surface area contributed by atoms with Crippen molar-refractivity contribution in [3.05, 3.63) is 77.7 Å². The second-order valence-electron chi connectivity index (χ2n) is 7.50. The zero-order chi connectivity index (χ0) is 22.2. The van der Waals surface area contributed by atoms with Crippen LogP contribution in [0.1, 0.15) is 21.6 Å². The van der Waals surface area contributed by atoms with Gasteiger partial charge in [-0.3, -0.25) is 9.78 Å². The van der Waals surface area contributed by atoms with Crippen LogP contribution in [0.3, 0.4) is 0 Å². The van der Waals surface area contributed by atoms with Crippen LogP contribution in [0, 0.1) is 6.92 Å². The van der Waals surface area contributed by atoms with Gasteiger partial charge in [0.2, 0.25) is 0 Å². The van der Waals surface area contributed by atoms with Crippen molar-refractivity contribution in [1.29, 1.82) is 0 Å². The Bertz CT molecular complexity index is 1410. The highest BCUT2D eigenvalue weighted by Gasteiger charge is 2.15. The quantitative estimate of drug-likeness (QED) is 0.520. The number of hydrogen-bond donors (Lipinski definition) is 1. The molecular weight excluding hydrogens is 412 g/mol. The first-order valence-electron chi connectivity index (χ1n) is 9.69. The van der Waals surface area contributed by atoms with Crippen LogP contribution in [0.25, 0.3) is 22.3 Å². The number of carbonyl (C=O) groups is 1. The second-order valence-corrected chi connectivity index (χ2v) is 9.48. The fourth-order valence-corrected chi connectivity index (χ4v) is 4.45. The van der Waals surface area contributed by atoms with Gasteiger partial charge in [0.25, 0.3) is 5.91 Å². The molecule has 1 N–H and O–H groups in total. The molecule has 4 rings (SSSR count). The highest BCUT2D eigenvalue weighted by molar-refractivity contribution is 7.90. The van der Waals surface area contributed by atoms with Crippen molar-refractivity contribution in [2.45, 2.75) is 18.4 Å². The van der Waals surface area contributed by atoms with Crippen LogP contribution in [0.4, 0.5) is 0 Å². The summed E-state index contributed by atoms with van der Waals surface area (Å²) in [6, 6.07) is 14.4. The Kier molecular flexibility index (Phi) is 5.32. The maximum Gasteiger partial charge on any atom is 0.251 e. The van der Waals surface area contributed by atoms with Crippen molar-refractivity contribution in [2.24, 2.45) is 7.05 Å². The average molecular weight is 435 g/mol. The van der Waals surface area contributed by atoms with E-state index in [4.69, 9.17) is 4.98 Å². The van der Waals surface area contributed by atoms with Crippen LogP contribution in [-0.2, 0) is 23.4 Å². The molecule has 0 aliphatic carbocycles. The van der Waals surface area contributed by atoms with E-state index < -0.39 is 9.84 Å². The first kappa shape index (κ1) is 20.7. The Morgan fingerprint density at radius 1 is 1.10 bits per heavy atom. The number of sulfone groups is 1. The molecule has 1 aromatic carbocycles. The van der Waals surface area contributed by atoms with Gasteiger partial charge in [0.05, 0.1) is 33.9 Å². The summed E-state index contributed by atoms with van der Waals surface area (Å²) in [4.78, 5) is 21.7. The van der Waals surface area contributed by atoms with Gasteiger partial charge in [0, 0.05) is 36.8 Å². The summed E-state index contributed by atoms with van der Waals surface area (Å²) in [7, 11) is -1.43. The minimum Gasteiger partial charge on any atom is -0.349 e. The average Bonchev–Trinajstić information content (AvgIpc) is 3.12. The predicted molar refractivity (Wildman–Crippen MR) is 119 cm³/mol. The Balaban J connectivity index is 1.52. The van der Waals surface area contributed by atoms with E-state index in [2.05, 4.69) is 10.3 Å². The maximum atomic E-state index is 12.6. The molecule has 158 valence electrons. The lowest BCUT2D eigenvalue weighted by Crippen LogP contribution is -2.23. The summed E-state index contributed by atoms with van der Waals surface area (Å²) < 4.78 is 25.8. The SMILES string of the molecule is Cc1ccc(C(=O)NCc2cc(-c3ccc4c(ccn4C)n3)ccn2)cc1S(C)(=O)=O. The largest absolute Gasteiger partial charge is 0.349 e. The molecule has 0 atom stereocenters. The molecule has 0 saturated carbocycles. The molecule has 0 unspecified atom stereocenters. The molecule has 3 heterocycles. The fourth-order valence-electron chi connectivity index (χ4n) is 3.46. The zero-order valence-electron chi connectivity index (χ0n) is 17.5.